The number of hydrogen-bond acceptors (Lipinski definition) is 11. The molecule has 4 rings (SSSR count). The molecule has 1 aliphatic heterocycles. The fourth-order valence-corrected chi connectivity index (χ4v) is 6.77. The third kappa shape index (κ3) is 15.8. The van der Waals surface area contributed by atoms with E-state index in [0.29, 0.717) is 12.1 Å². The number of aromatic amines is 1. The third-order valence-corrected chi connectivity index (χ3v) is 9.86. The summed E-state index contributed by atoms with van der Waals surface area (Å²) in [5.41, 5.74) is 24.0. The number of benzene rings is 2. The third-order valence-electron chi connectivity index (χ3n) is 9.86. The molecule has 5 amide bonds. The first-order valence-electron chi connectivity index (χ1n) is 20.2. The Balaban J connectivity index is 1.53. The molecule has 0 unspecified atom stereocenters. The zero-order valence-corrected chi connectivity index (χ0v) is 34.7. The number of guanidine groups is 2. The summed E-state index contributed by atoms with van der Waals surface area (Å²) >= 11 is 0. The molecule has 21 nitrogen and oxygen atoms in total. The molecule has 5 atom stereocenters. The minimum absolute atomic E-state index is 0.0487. The van der Waals surface area contributed by atoms with E-state index in [0.717, 1.165) is 11.1 Å². The molecule has 0 bridgehead atoms. The highest BCUT2D eigenvalue weighted by atomic mass is 16.5. The second-order valence-electron chi connectivity index (χ2n) is 14.5. The van der Waals surface area contributed by atoms with E-state index >= 15 is 0 Å². The lowest BCUT2D eigenvalue weighted by Crippen LogP contribution is -2.59. The molecule has 21 heteroatoms. The number of rotatable bonds is 23. The standard InChI is InChI=1S/C41H57N13O8/c1-61-38(59)32(22-28-23-46-25-49-28)52-35(56)31(21-26-11-4-2-5-12-26)51-36(57)33-17-10-20-54(33)37(58)30(16-9-19-48-40(44)45)50-34(55)29(15-8-18-47-39(42)43)53-41(60)62-24-27-13-6-3-7-14-27/h2-7,11-14,23,25,29-33H,8-10,15-22,24H2,1H3,(H,46,49)(H,50,55)(H,51,57)(H,52,56)(H,53,60)(H4,42,43,47)(H4,44,45,48)/t29-,30-,31-,32-,33-/m0/s1. The minimum atomic E-state index is -1.18. The molecule has 0 saturated carbocycles. The molecule has 1 aliphatic rings. The Kier molecular flexibility index (Phi) is 19.0. The Morgan fingerprint density at radius 2 is 1.37 bits per heavy atom. The SMILES string of the molecule is COC(=O)[C@H](Cc1cnc[nH]1)NC(=O)[C@H](Cc1ccccc1)NC(=O)[C@@H]1CCCN1C(=O)[C@H](CCCN=C(N)N)NC(=O)[C@H](CCCN=C(N)N)NC(=O)OCc1ccccc1. The number of nitrogens with one attached hydrogen (secondary N) is 5. The van der Waals surface area contributed by atoms with Crippen molar-refractivity contribution in [2.75, 3.05) is 26.7 Å². The molecule has 0 aliphatic carbocycles. The van der Waals surface area contributed by atoms with Crippen molar-refractivity contribution in [3.05, 3.63) is 90.0 Å². The van der Waals surface area contributed by atoms with E-state index in [1.165, 1.54) is 24.5 Å². The van der Waals surface area contributed by atoms with Crippen molar-refractivity contribution < 1.29 is 38.2 Å². The van der Waals surface area contributed by atoms with Gasteiger partial charge in [-0.3, -0.25) is 29.2 Å². The monoisotopic (exact) mass is 859 g/mol. The van der Waals surface area contributed by atoms with Gasteiger partial charge in [0.1, 0.15) is 36.8 Å². The maximum atomic E-state index is 14.4. The van der Waals surface area contributed by atoms with Crippen molar-refractivity contribution in [1.82, 2.24) is 36.1 Å². The zero-order valence-electron chi connectivity index (χ0n) is 34.7. The Hall–Kier alpha value is -7.19. The Labute approximate surface area is 359 Å². The second-order valence-corrected chi connectivity index (χ2v) is 14.5. The Bertz CT molecular complexity index is 1970. The number of amides is 5. The number of aliphatic imine (C=N–C) groups is 2. The number of imidazole rings is 1. The van der Waals surface area contributed by atoms with Gasteiger partial charge >= 0.3 is 12.1 Å². The summed E-state index contributed by atoms with van der Waals surface area (Å²) in [4.78, 5) is 98.3. The number of alkyl carbamates (subject to hydrolysis) is 1. The van der Waals surface area contributed by atoms with Crippen molar-refractivity contribution in [1.29, 1.82) is 0 Å². The predicted octanol–water partition coefficient (Wildman–Crippen LogP) is -0.785. The van der Waals surface area contributed by atoms with Gasteiger partial charge in [0.15, 0.2) is 11.9 Å². The van der Waals surface area contributed by atoms with Crippen LogP contribution >= 0.6 is 0 Å². The highest BCUT2D eigenvalue weighted by Crippen LogP contribution is 2.21. The van der Waals surface area contributed by atoms with Crippen LogP contribution < -0.4 is 44.2 Å². The number of methoxy groups -OCH3 is 1. The number of aromatic nitrogens is 2. The molecule has 0 spiro atoms. The molecule has 1 saturated heterocycles. The topological polar surface area (TPSA) is 330 Å². The molecule has 1 aromatic heterocycles. The van der Waals surface area contributed by atoms with Crippen LogP contribution in [0.5, 0.6) is 0 Å². The van der Waals surface area contributed by atoms with E-state index in [9.17, 15) is 28.8 Å². The highest BCUT2D eigenvalue weighted by molar-refractivity contribution is 5.96. The van der Waals surface area contributed by atoms with Gasteiger partial charge in [0.05, 0.1) is 13.4 Å². The summed E-state index contributed by atoms with van der Waals surface area (Å²) in [6.07, 6.45) is 3.61. The largest absolute Gasteiger partial charge is 0.467 e. The normalized spacial score (nSPS) is 15.1. The molecule has 0 radical (unpaired) electrons. The van der Waals surface area contributed by atoms with E-state index in [1.807, 2.05) is 12.1 Å². The molecule has 62 heavy (non-hydrogen) atoms. The van der Waals surface area contributed by atoms with Gasteiger partial charge in [0.2, 0.25) is 23.6 Å². The van der Waals surface area contributed by atoms with Gasteiger partial charge < -0.3 is 63.6 Å². The smallest absolute Gasteiger partial charge is 0.408 e. The number of nitrogens with zero attached hydrogens (tertiary/aromatic N) is 4. The van der Waals surface area contributed by atoms with Crippen LogP contribution in [0.15, 0.2) is 83.2 Å². The molecular weight excluding hydrogens is 803 g/mol. The van der Waals surface area contributed by atoms with Gasteiger partial charge in [-0.1, -0.05) is 60.7 Å². The number of H-pyrrole nitrogens is 1. The van der Waals surface area contributed by atoms with Crippen molar-refractivity contribution in [2.24, 2.45) is 32.9 Å². The maximum Gasteiger partial charge on any atom is 0.408 e. The highest BCUT2D eigenvalue weighted by Gasteiger charge is 2.40. The maximum absolute atomic E-state index is 14.4. The van der Waals surface area contributed by atoms with E-state index in [1.54, 1.807) is 48.5 Å². The van der Waals surface area contributed by atoms with E-state index in [-0.39, 0.29) is 83.1 Å². The summed E-state index contributed by atoms with van der Waals surface area (Å²) in [5.74, 6) is -3.52. The van der Waals surface area contributed by atoms with Crippen LogP contribution in [0.4, 0.5) is 4.79 Å². The molecule has 1 fully saturated rings. The number of nitrogens with two attached hydrogens (primary N) is 4. The summed E-state index contributed by atoms with van der Waals surface area (Å²) < 4.78 is 10.3. The quantitative estimate of drug-likeness (QED) is 0.0245. The lowest BCUT2D eigenvalue weighted by atomic mass is 10.0. The number of carbonyl (C=O) groups excluding carboxylic acids is 6. The summed E-state index contributed by atoms with van der Waals surface area (Å²) in [7, 11) is 1.20. The van der Waals surface area contributed by atoms with E-state index in [4.69, 9.17) is 32.4 Å². The Morgan fingerprint density at radius 3 is 1.97 bits per heavy atom. The van der Waals surface area contributed by atoms with Crippen molar-refractivity contribution in [2.45, 2.75) is 88.2 Å². The lowest BCUT2D eigenvalue weighted by Gasteiger charge is -2.31. The fraction of sp³-hybridized carbons (Fsp3) is 0.439. The van der Waals surface area contributed by atoms with Crippen LogP contribution in [0.2, 0.25) is 0 Å². The molecule has 3 aromatic rings. The molecular formula is C41H57N13O8. The van der Waals surface area contributed by atoms with Gasteiger partial charge in [-0.25, -0.2) is 14.6 Å². The van der Waals surface area contributed by atoms with Crippen LogP contribution in [-0.4, -0.2) is 119 Å². The van der Waals surface area contributed by atoms with Crippen LogP contribution in [-0.2, 0) is 52.9 Å². The lowest BCUT2D eigenvalue weighted by molar-refractivity contribution is -0.145. The van der Waals surface area contributed by atoms with Gasteiger partial charge in [0.25, 0.3) is 0 Å². The fourth-order valence-electron chi connectivity index (χ4n) is 6.77. The molecule has 2 aromatic carbocycles. The summed E-state index contributed by atoms with van der Waals surface area (Å²) in [6, 6.07) is 12.3. The van der Waals surface area contributed by atoms with Gasteiger partial charge in [-0.15, -0.1) is 0 Å². The number of hydrogen-bond donors (Lipinski definition) is 9. The number of esters is 1. The average molecular weight is 860 g/mol. The first-order chi connectivity index (χ1) is 29.8. The van der Waals surface area contributed by atoms with Crippen LogP contribution in [0.1, 0.15) is 55.3 Å². The van der Waals surface area contributed by atoms with Crippen molar-refractivity contribution in [3.8, 4) is 0 Å². The molecule has 334 valence electrons. The molecule has 2 heterocycles. The van der Waals surface area contributed by atoms with E-state index < -0.39 is 65.9 Å². The van der Waals surface area contributed by atoms with Crippen molar-refractivity contribution in [3.63, 3.8) is 0 Å². The summed E-state index contributed by atoms with van der Waals surface area (Å²) in [5, 5.41) is 10.9. The number of carbonyl (C=O) groups is 6. The van der Waals surface area contributed by atoms with Gasteiger partial charge in [0, 0.05) is 44.4 Å². The molecule has 13 N–H and O–H groups in total. The van der Waals surface area contributed by atoms with Gasteiger partial charge in [-0.05, 0) is 49.7 Å². The van der Waals surface area contributed by atoms with Crippen LogP contribution in [0, 0.1) is 0 Å². The van der Waals surface area contributed by atoms with Crippen molar-refractivity contribution >= 4 is 47.6 Å². The van der Waals surface area contributed by atoms with Crippen LogP contribution in [0.25, 0.3) is 0 Å². The predicted molar refractivity (Wildman–Crippen MR) is 228 cm³/mol. The number of likely N-dealkylation sites (tertiary alicyclic amines) is 1. The first kappa shape index (κ1) is 47.5. The zero-order chi connectivity index (χ0) is 44.9. The average Bonchev–Trinajstić information content (AvgIpc) is 3.98. The van der Waals surface area contributed by atoms with Gasteiger partial charge in [-0.2, -0.15) is 0 Å². The van der Waals surface area contributed by atoms with Crippen LogP contribution in [0.3, 0.4) is 0 Å². The first-order valence-corrected chi connectivity index (χ1v) is 20.2. The summed E-state index contributed by atoms with van der Waals surface area (Å²) in [6.45, 7) is 0.424. The number of ether oxygens (including phenoxy) is 2. The van der Waals surface area contributed by atoms with E-state index in [2.05, 4.69) is 41.2 Å². The minimum Gasteiger partial charge on any atom is -0.467 e. The second kappa shape index (κ2) is 24.8. The Morgan fingerprint density at radius 1 is 0.774 bits per heavy atom.